The Morgan fingerprint density at radius 2 is 1.68 bits per heavy atom. The monoisotopic (exact) mass is 398 g/mol. The summed E-state index contributed by atoms with van der Waals surface area (Å²) in [7, 11) is 0. The van der Waals surface area contributed by atoms with Gasteiger partial charge in [-0.1, -0.05) is 12.1 Å². The van der Waals surface area contributed by atoms with Crippen LogP contribution in [0.4, 0.5) is 24.5 Å². The van der Waals surface area contributed by atoms with Gasteiger partial charge in [-0.05, 0) is 36.8 Å². The minimum Gasteiger partial charge on any atom is -0.477 e. The van der Waals surface area contributed by atoms with E-state index in [0.717, 1.165) is 42.5 Å². The Morgan fingerprint density at radius 3 is 2.14 bits per heavy atom. The van der Waals surface area contributed by atoms with Crippen molar-refractivity contribution in [3.63, 3.8) is 0 Å². The number of nitro benzene ring substituents is 1. The number of carboxylic acid groups (broad SMARTS) is 1. The molecule has 2 rings (SSSR count). The number of nitro groups is 1. The molecule has 2 aromatic carbocycles. The second-order valence-electron chi connectivity index (χ2n) is 5.90. The molecule has 0 spiro atoms. The molecule has 0 aliphatic rings. The fraction of sp³-hybridized carbons (Fsp3) is 0.176. The zero-order valence-corrected chi connectivity index (χ0v) is 14.1. The van der Waals surface area contributed by atoms with Crippen LogP contribution >= 0.6 is 0 Å². The minimum atomic E-state index is -4.91. The summed E-state index contributed by atoms with van der Waals surface area (Å²) >= 11 is 0. The van der Waals surface area contributed by atoms with E-state index in [1.54, 1.807) is 0 Å². The third-order valence-electron chi connectivity index (χ3n) is 3.94. The molecule has 3 N–H and O–H groups in total. The number of anilines is 1. The standard InChI is InChI=1S/C17H13F3N2O6/c1-16(26,17(18,19)20)10-4-2-9(3-5-10)14(23)21-11-6-7-13(22(27)28)12(8-11)15(24)25/h2-8,26H,1H3,(H,21,23)(H,24,25). The second kappa shape index (κ2) is 7.27. The molecule has 28 heavy (non-hydrogen) atoms. The zero-order valence-electron chi connectivity index (χ0n) is 14.1. The number of alkyl halides is 3. The Kier molecular flexibility index (Phi) is 5.41. The van der Waals surface area contributed by atoms with E-state index in [1.165, 1.54) is 0 Å². The first kappa shape index (κ1) is 20.8. The zero-order chi connectivity index (χ0) is 21.3. The first-order valence-corrected chi connectivity index (χ1v) is 7.57. The van der Waals surface area contributed by atoms with Crippen LogP contribution in [-0.2, 0) is 5.60 Å². The smallest absolute Gasteiger partial charge is 0.421 e. The molecule has 0 aliphatic heterocycles. The quantitative estimate of drug-likeness (QED) is 0.523. The lowest BCUT2D eigenvalue weighted by Gasteiger charge is -2.26. The van der Waals surface area contributed by atoms with Crippen LogP contribution in [0.1, 0.15) is 33.2 Å². The average Bonchev–Trinajstić information content (AvgIpc) is 2.60. The van der Waals surface area contributed by atoms with Gasteiger partial charge in [-0.2, -0.15) is 13.2 Å². The van der Waals surface area contributed by atoms with Crippen molar-refractivity contribution in [2.24, 2.45) is 0 Å². The molecule has 0 aliphatic carbocycles. The van der Waals surface area contributed by atoms with Gasteiger partial charge in [-0.25, -0.2) is 4.79 Å². The van der Waals surface area contributed by atoms with E-state index in [4.69, 9.17) is 5.11 Å². The summed E-state index contributed by atoms with van der Waals surface area (Å²) in [5.41, 5.74) is -5.00. The molecule has 0 saturated carbocycles. The second-order valence-corrected chi connectivity index (χ2v) is 5.90. The van der Waals surface area contributed by atoms with Gasteiger partial charge in [0.05, 0.1) is 4.92 Å². The molecule has 1 atom stereocenters. The van der Waals surface area contributed by atoms with Crippen LogP contribution in [0.15, 0.2) is 42.5 Å². The minimum absolute atomic E-state index is 0.0561. The number of aliphatic hydroxyl groups is 1. The Bertz CT molecular complexity index is 939. The van der Waals surface area contributed by atoms with Crippen LogP contribution < -0.4 is 5.32 Å². The van der Waals surface area contributed by atoms with Gasteiger partial charge >= 0.3 is 12.1 Å². The van der Waals surface area contributed by atoms with Crippen molar-refractivity contribution in [1.82, 2.24) is 0 Å². The number of carbonyl (C=O) groups excluding carboxylic acids is 1. The van der Waals surface area contributed by atoms with Crippen LogP contribution in [0, 0.1) is 10.1 Å². The van der Waals surface area contributed by atoms with E-state index >= 15 is 0 Å². The number of hydrogen-bond acceptors (Lipinski definition) is 5. The third-order valence-corrected chi connectivity index (χ3v) is 3.94. The molecule has 8 nitrogen and oxygen atoms in total. The van der Waals surface area contributed by atoms with E-state index in [9.17, 15) is 38.0 Å². The summed E-state index contributed by atoms with van der Waals surface area (Å²) in [6, 6.07) is 6.87. The van der Waals surface area contributed by atoms with Crippen molar-refractivity contribution in [2.75, 3.05) is 5.32 Å². The van der Waals surface area contributed by atoms with Crippen LogP contribution in [0.5, 0.6) is 0 Å². The number of amides is 1. The van der Waals surface area contributed by atoms with Crippen LogP contribution in [0.2, 0.25) is 0 Å². The third kappa shape index (κ3) is 4.09. The lowest BCUT2D eigenvalue weighted by atomic mass is 9.94. The van der Waals surface area contributed by atoms with Crippen LogP contribution in [0.3, 0.4) is 0 Å². The number of halogens is 3. The van der Waals surface area contributed by atoms with Crippen molar-refractivity contribution in [1.29, 1.82) is 0 Å². The van der Waals surface area contributed by atoms with Crippen molar-refractivity contribution >= 4 is 23.3 Å². The highest BCUT2D eigenvalue weighted by Gasteiger charge is 2.51. The number of hydrogen-bond donors (Lipinski definition) is 3. The molecular weight excluding hydrogens is 385 g/mol. The summed E-state index contributed by atoms with van der Waals surface area (Å²) in [6.07, 6.45) is -4.91. The summed E-state index contributed by atoms with van der Waals surface area (Å²) in [4.78, 5) is 33.2. The van der Waals surface area contributed by atoms with E-state index in [1.807, 2.05) is 0 Å². The number of rotatable bonds is 5. The number of nitrogens with one attached hydrogen (secondary N) is 1. The average molecular weight is 398 g/mol. The molecule has 0 fully saturated rings. The Balaban J connectivity index is 2.25. The first-order chi connectivity index (χ1) is 12.8. The number of carboxylic acids is 1. The van der Waals surface area contributed by atoms with Gasteiger partial charge in [-0.3, -0.25) is 14.9 Å². The SMILES string of the molecule is CC(O)(c1ccc(C(=O)Nc2ccc([N+](=O)[O-])c(C(=O)O)c2)cc1)C(F)(F)F. The van der Waals surface area contributed by atoms with Crippen molar-refractivity contribution in [2.45, 2.75) is 18.7 Å². The van der Waals surface area contributed by atoms with Crippen LogP contribution in [0.25, 0.3) is 0 Å². The lowest BCUT2D eigenvalue weighted by molar-refractivity contribution is -0.385. The molecule has 11 heteroatoms. The number of benzene rings is 2. The maximum absolute atomic E-state index is 12.8. The number of nitrogens with zero attached hydrogens (tertiary/aromatic N) is 1. The summed E-state index contributed by atoms with van der Waals surface area (Å²) in [6.45, 7) is 0.576. The van der Waals surface area contributed by atoms with Gasteiger partial charge in [0.2, 0.25) is 0 Å². The molecule has 0 bridgehead atoms. The Hall–Kier alpha value is -3.47. The topological polar surface area (TPSA) is 130 Å². The van der Waals surface area contributed by atoms with E-state index < -0.39 is 45.4 Å². The molecule has 0 heterocycles. The van der Waals surface area contributed by atoms with Gasteiger partial charge < -0.3 is 15.5 Å². The first-order valence-electron chi connectivity index (χ1n) is 7.57. The van der Waals surface area contributed by atoms with Gasteiger partial charge in [0.25, 0.3) is 11.6 Å². The van der Waals surface area contributed by atoms with E-state index in [0.29, 0.717) is 6.92 Å². The normalized spacial score (nSPS) is 13.5. The number of carbonyl (C=O) groups is 2. The lowest BCUT2D eigenvalue weighted by Crippen LogP contribution is -2.39. The van der Waals surface area contributed by atoms with Gasteiger partial charge in [0, 0.05) is 17.3 Å². The van der Waals surface area contributed by atoms with Crippen LogP contribution in [-0.4, -0.2) is 33.2 Å². The van der Waals surface area contributed by atoms with Crippen molar-refractivity contribution < 1.29 is 37.9 Å². The Morgan fingerprint density at radius 1 is 1.11 bits per heavy atom. The molecule has 1 unspecified atom stereocenters. The summed E-state index contributed by atoms with van der Waals surface area (Å²) in [5, 5.41) is 31.8. The predicted octanol–water partition coefficient (Wildman–Crippen LogP) is 3.32. The van der Waals surface area contributed by atoms with Crippen molar-refractivity contribution in [3.05, 3.63) is 69.3 Å². The molecule has 0 radical (unpaired) electrons. The van der Waals surface area contributed by atoms with Gasteiger partial charge in [-0.15, -0.1) is 0 Å². The predicted molar refractivity (Wildman–Crippen MR) is 90.1 cm³/mol. The summed E-state index contributed by atoms with van der Waals surface area (Å²) < 4.78 is 38.5. The van der Waals surface area contributed by atoms with E-state index in [-0.39, 0.29) is 11.3 Å². The molecule has 1 amide bonds. The van der Waals surface area contributed by atoms with Gasteiger partial charge in [0.15, 0.2) is 5.60 Å². The highest BCUT2D eigenvalue weighted by atomic mass is 19.4. The molecule has 148 valence electrons. The molecular formula is C17H13F3N2O6. The number of aromatic carboxylic acids is 1. The fourth-order valence-corrected chi connectivity index (χ4v) is 2.26. The molecule has 0 saturated heterocycles. The highest BCUT2D eigenvalue weighted by Crippen LogP contribution is 2.38. The highest BCUT2D eigenvalue weighted by molar-refractivity contribution is 6.05. The maximum Gasteiger partial charge on any atom is 0.421 e. The summed E-state index contributed by atoms with van der Waals surface area (Å²) in [5.74, 6) is -2.36. The maximum atomic E-state index is 12.8. The molecule has 2 aromatic rings. The largest absolute Gasteiger partial charge is 0.477 e. The Labute approximate surface area is 155 Å². The fourth-order valence-electron chi connectivity index (χ4n) is 2.26. The van der Waals surface area contributed by atoms with Gasteiger partial charge in [0.1, 0.15) is 5.56 Å². The van der Waals surface area contributed by atoms with Crippen molar-refractivity contribution in [3.8, 4) is 0 Å². The molecule has 0 aromatic heterocycles. The van der Waals surface area contributed by atoms with E-state index in [2.05, 4.69) is 5.32 Å².